The molecule has 4 aliphatic rings. The Labute approximate surface area is 220 Å². The van der Waals surface area contributed by atoms with Gasteiger partial charge in [0.05, 0.1) is 21.4 Å². The Kier molecular flexibility index (Phi) is 5.14. The van der Waals surface area contributed by atoms with Crippen molar-refractivity contribution >= 4 is 33.1 Å². The van der Waals surface area contributed by atoms with Gasteiger partial charge in [0.25, 0.3) is 11.8 Å². The molecule has 1 aromatic carbocycles. The average Bonchev–Trinajstić information content (AvgIpc) is 3.77. The Morgan fingerprint density at radius 3 is 2.58 bits per heavy atom. The molecule has 38 heavy (non-hydrogen) atoms. The number of hydrogen-bond donors (Lipinski definition) is 2. The van der Waals surface area contributed by atoms with Crippen molar-refractivity contribution in [2.45, 2.75) is 80.6 Å². The number of nitrogens with zero attached hydrogens (tertiary/aromatic N) is 4. The van der Waals surface area contributed by atoms with Crippen LogP contribution >= 0.6 is 0 Å². The number of carbonyl (C=O) groups excluding carboxylic acids is 2. The van der Waals surface area contributed by atoms with Crippen molar-refractivity contribution in [3.63, 3.8) is 0 Å². The fraction of sp³-hybridized carbons (Fsp3) is 0.481. The fourth-order valence-electron chi connectivity index (χ4n) is 5.64. The van der Waals surface area contributed by atoms with Gasteiger partial charge in [0.15, 0.2) is 21.3 Å². The van der Waals surface area contributed by atoms with Crippen LogP contribution in [0.15, 0.2) is 29.3 Å². The van der Waals surface area contributed by atoms with Gasteiger partial charge < -0.3 is 16.0 Å². The molecule has 3 heterocycles. The van der Waals surface area contributed by atoms with Crippen molar-refractivity contribution in [1.29, 1.82) is 0 Å². The highest BCUT2D eigenvalue weighted by Crippen LogP contribution is 2.42. The minimum atomic E-state index is -3.69. The lowest BCUT2D eigenvalue weighted by Gasteiger charge is -2.26. The summed E-state index contributed by atoms with van der Waals surface area (Å²) in [5.41, 5.74) is 8.70. The molecule has 2 amide bonds. The van der Waals surface area contributed by atoms with E-state index in [1.165, 1.54) is 4.52 Å². The molecule has 2 aromatic heterocycles. The predicted octanol–water partition coefficient (Wildman–Crippen LogP) is 2.95. The highest BCUT2D eigenvalue weighted by Gasteiger charge is 2.43. The van der Waals surface area contributed by atoms with Gasteiger partial charge in [0.2, 0.25) is 0 Å². The second kappa shape index (κ2) is 8.26. The summed E-state index contributed by atoms with van der Waals surface area (Å²) in [6, 6.07) is 5.40. The first kappa shape index (κ1) is 23.6. The van der Waals surface area contributed by atoms with Crippen LogP contribution in [0.1, 0.15) is 78.1 Å². The summed E-state index contributed by atoms with van der Waals surface area (Å²) in [7, 11) is -3.69. The van der Waals surface area contributed by atoms with Crippen molar-refractivity contribution in [1.82, 2.24) is 24.8 Å². The summed E-state index contributed by atoms with van der Waals surface area (Å²) >= 11 is 0. The monoisotopic (exact) mass is 534 g/mol. The first-order chi connectivity index (χ1) is 18.2. The van der Waals surface area contributed by atoms with Gasteiger partial charge in [-0.15, -0.1) is 5.10 Å². The minimum absolute atomic E-state index is 0.0642. The molecule has 3 N–H and O–H groups in total. The standard InChI is InChI=1S/C27H30N6O4S/c1-14(15-5-6-15)32-13-17-11-16(12-21(22(17)27(32)35)38(36,37)19-3-2-4-19)20-9-10-33-25(30-20)23(24(28)31-33)26(34)29-18-7-8-18/h9-12,14-15,18-19H,2-8,13H2,1H3,(H2,28,31)(H,29,34). The van der Waals surface area contributed by atoms with Gasteiger partial charge >= 0.3 is 0 Å². The van der Waals surface area contributed by atoms with Crippen LogP contribution in [0, 0.1) is 5.92 Å². The molecule has 0 saturated heterocycles. The lowest BCUT2D eigenvalue weighted by molar-refractivity contribution is 0.0694. The molecule has 0 spiro atoms. The molecule has 7 rings (SSSR count). The van der Waals surface area contributed by atoms with Crippen LogP contribution in [-0.4, -0.2) is 57.1 Å². The molecule has 0 bridgehead atoms. The van der Waals surface area contributed by atoms with Gasteiger partial charge in [-0.05, 0) is 75.1 Å². The zero-order chi connectivity index (χ0) is 26.3. The molecule has 11 heteroatoms. The largest absolute Gasteiger partial charge is 0.381 e. The molecule has 1 aliphatic heterocycles. The number of fused-ring (bicyclic) bond motifs is 2. The van der Waals surface area contributed by atoms with E-state index in [-0.39, 0.29) is 40.2 Å². The highest BCUT2D eigenvalue weighted by molar-refractivity contribution is 7.92. The molecule has 3 aliphatic carbocycles. The van der Waals surface area contributed by atoms with E-state index in [1.807, 2.05) is 11.0 Å². The number of amides is 2. The number of benzene rings is 1. The second-order valence-electron chi connectivity index (χ2n) is 11.2. The summed E-state index contributed by atoms with van der Waals surface area (Å²) in [5, 5.41) is 6.71. The van der Waals surface area contributed by atoms with E-state index in [0.29, 0.717) is 53.3 Å². The molecule has 198 valence electrons. The van der Waals surface area contributed by atoms with Crippen LogP contribution in [0.2, 0.25) is 0 Å². The normalized spacial score (nSPS) is 20.4. The summed E-state index contributed by atoms with van der Waals surface area (Å²) in [6.45, 7) is 2.43. The quantitative estimate of drug-likeness (QED) is 0.475. The SMILES string of the molecule is CC(C1CC1)N1Cc2cc(-c3ccn4nc(N)c(C(=O)NC5CC5)c4n3)cc(S(=O)(=O)C3CCC3)c2C1=O. The van der Waals surface area contributed by atoms with E-state index < -0.39 is 15.1 Å². The van der Waals surface area contributed by atoms with Crippen molar-refractivity contribution in [3.05, 3.63) is 41.1 Å². The summed E-state index contributed by atoms with van der Waals surface area (Å²) in [5.74, 6) is 0.0401. The Morgan fingerprint density at radius 1 is 1.16 bits per heavy atom. The van der Waals surface area contributed by atoms with Crippen molar-refractivity contribution in [2.24, 2.45) is 5.92 Å². The molecule has 3 aromatic rings. The van der Waals surface area contributed by atoms with Gasteiger partial charge in [-0.1, -0.05) is 6.42 Å². The molecule has 1 atom stereocenters. The van der Waals surface area contributed by atoms with E-state index in [0.717, 1.165) is 32.1 Å². The smallest absolute Gasteiger partial charge is 0.259 e. The molecule has 3 saturated carbocycles. The van der Waals surface area contributed by atoms with Gasteiger partial charge in [0.1, 0.15) is 5.56 Å². The van der Waals surface area contributed by atoms with Crippen LogP contribution < -0.4 is 11.1 Å². The Balaban J connectivity index is 1.35. The van der Waals surface area contributed by atoms with E-state index in [9.17, 15) is 18.0 Å². The first-order valence-corrected chi connectivity index (χ1v) is 14.9. The maximum absolute atomic E-state index is 13.7. The lowest BCUT2D eigenvalue weighted by atomic mass is 10.00. The Bertz CT molecular complexity index is 1620. The first-order valence-electron chi connectivity index (χ1n) is 13.4. The van der Waals surface area contributed by atoms with Crippen molar-refractivity contribution in [2.75, 3.05) is 5.73 Å². The maximum atomic E-state index is 13.7. The van der Waals surface area contributed by atoms with Gasteiger partial charge in [-0.25, -0.2) is 17.9 Å². The molecule has 0 radical (unpaired) electrons. The fourth-order valence-corrected chi connectivity index (χ4v) is 7.75. The second-order valence-corrected chi connectivity index (χ2v) is 13.4. The number of nitrogens with one attached hydrogen (secondary N) is 1. The third-order valence-electron chi connectivity index (χ3n) is 8.54. The van der Waals surface area contributed by atoms with Crippen LogP contribution in [0.3, 0.4) is 0 Å². The summed E-state index contributed by atoms with van der Waals surface area (Å²) in [4.78, 5) is 33.1. The number of anilines is 1. The number of nitrogens with two attached hydrogens (primary N) is 1. The third kappa shape index (κ3) is 3.70. The molecule has 1 unspecified atom stereocenters. The number of rotatable bonds is 7. The Morgan fingerprint density at radius 2 is 1.92 bits per heavy atom. The van der Waals surface area contributed by atoms with Gasteiger partial charge in [-0.3, -0.25) is 9.59 Å². The van der Waals surface area contributed by atoms with E-state index in [2.05, 4.69) is 17.3 Å². The average molecular weight is 535 g/mol. The molecular formula is C27H30N6O4S. The topological polar surface area (TPSA) is 140 Å². The third-order valence-corrected chi connectivity index (χ3v) is 10.8. The van der Waals surface area contributed by atoms with Crippen LogP contribution in [-0.2, 0) is 16.4 Å². The molecule has 10 nitrogen and oxygen atoms in total. The van der Waals surface area contributed by atoms with Crippen LogP contribution in [0.5, 0.6) is 0 Å². The van der Waals surface area contributed by atoms with Crippen LogP contribution in [0.25, 0.3) is 16.9 Å². The zero-order valence-electron chi connectivity index (χ0n) is 21.2. The summed E-state index contributed by atoms with van der Waals surface area (Å²) < 4.78 is 28.9. The van der Waals surface area contributed by atoms with Crippen LogP contribution in [0.4, 0.5) is 5.82 Å². The summed E-state index contributed by atoms with van der Waals surface area (Å²) in [6.07, 6.45) is 7.81. The number of sulfone groups is 1. The van der Waals surface area contributed by atoms with Crippen molar-refractivity contribution in [3.8, 4) is 11.3 Å². The zero-order valence-corrected chi connectivity index (χ0v) is 22.0. The van der Waals surface area contributed by atoms with Gasteiger partial charge in [-0.2, -0.15) is 0 Å². The van der Waals surface area contributed by atoms with E-state index in [1.54, 1.807) is 18.3 Å². The molecular weight excluding hydrogens is 504 g/mol. The highest BCUT2D eigenvalue weighted by atomic mass is 32.2. The van der Waals surface area contributed by atoms with Gasteiger partial charge in [0, 0.05) is 30.4 Å². The molecule has 3 fully saturated rings. The Hall–Kier alpha value is -3.47. The van der Waals surface area contributed by atoms with E-state index in [4.69, 9.17) is 10.7 Å². The minimum Gasteiger partial charge on any atom is -0.381 e. The lowest BCUT2D eigenvalue weighted by Crippen LogP contribution is -2.35. The number of nitrogen functional groups attached to an aromatic ring is 1. The number of hydrogen-bond acceptors (Lipinski definition) is 7. The van der Waals surface area contributed by atoms with E-state index >= 15 is 0 Å². The number of carbonyl (C=O) groups is 2. The predicted molar refractivity (Wildman–Crippen MR) is 140 cm³/mol. The van der Waals surface area contributed by atoms with Crippen molar-refractivity contribution < 1.29 is 18.0 Å². The maximum Gasteiger partial charge on any atom is 0.259 e. The number of aromatic nitrogens is 3.